The van der Waals surface area contributed by atoms with Crippen molar-refractivity contribution in [1.82, 2.24) is 24.8 Å². The van der Waals surface area contributed by atoms with Gasteiger partial charge in [-0.2, -0.15) is 13.9 Å². The molecule has 4 atom stereocenters. The van der Waals surface area contributed by atoms with Crippen molar-refractivity contribution in [2.75, 3.05) is 37.7 Å². The van der Waals surface area contributed by atoms with E-state index in [2.05, 4.69) is 20.2 Å². The van der Waals surface area contributed by atoms with Gasteiger partial charge in [-0.25, -0.2) is 8.78 Å². The fourth-order valence-electron chi connectivity index (χ4n) is 8.15. The third kappa shape index (κ3) is 4.34. The minimum Gasteiger partial charge on any atom is -0.508 e. The lowest BCUT2D eigenvalue weighted by molar-refractivity contribution is 0.106. The van der Waals surface area contributed by atoms with Crippen LogP contribution in [0, 0.1) is 11.8 Å². The number of aryl methyl sites for hydroxylation is 1. The second kappa shape index (κ2) is 9.99. The molecule has 11 heteroatoms. The van der Waals surface area contributed by atoms with E-state index in [-0.39, 0.29) is 29.7 Å². The second-order valence-electron chi connectivity index (χ2n) is 12.7. The number of aromatic nitrogens is 3. The molecule has 4 aromatic rings. The van der Waals surface area contributed by atoms with E-state index in [0.29, 0.717) is 77.8 Å². The molecule has 0 aliphatic carbocycles. The third-order valence-corrected chi connectivity index (χ3v) is 10.1. The van der Waals surface area contributed by atoms with Crippen LogP contribution in [-0.4, -0.2) is 81.2 Å². The van der Waals surface area contributed by atoms with E-state index in [9.17, 15) is 13.9 Å². The molecule has 4 aliphatic rings. The van der Waals surface area contributed by atoms with E-state index in [1.165, 1.54) is 16.6 Å². The van der Waals surface area contributed by atoms with Crippen molar-refractivity contribution in [1.29, 1.82) is 0 Å². The molecule has 2 aromatic heterocycles. The van der Waals surface area contributed by atoms with E-state index >= 15 is 4.39 Å². The smallest absolute Gasteiger partial charge is 0.336 e. The lowest BCUT2D eigenvalue weighted by atomic mass is 9.94. The van der Waals surface area contributed by atoms with Gasteiger partial charge in [-0.05, 0) is 84.8 Å². The van der Waals surface area contributed by atoms with Crippen molar-refractivity contribution in [3.63, 3.8) is 0 Å². The molecule has 2 unspecified atom stereocenters. The number of piperazine rings is 1. The quantitative estimate of drug-likeness (QED) is 0.327. The zero-order valence-corrected chi connectivity index (χ0v) is 24.1. The number of rotatable bonds is 6. The Morgan fingerprint density at radius 2 is 1.91 bits per heavy atom. The van der Waals surface area contributed by atoms with Crippen LogP contribution >= 0.6 is 0 Å². The highest BCUT2D eigenvalue weighted by Gasteiger charge is 2.49. The zero-order valence-electron chi connectivity index (χ0n) is 24.1. The summed E-state index contributed by atoms with van der Waals surface area (Å²) < 4.78 is 53.4. The largest absolute Gasteiger partial charge is 0.508 e. The number of alkyl halides is 1. The predicted octanol–water partition coefficient (Wildman–Crippen LogP) is 4.99. The van der Waals surface area contributed by atoms with Gasteiger partial charge in [0.05, 0.1) is 5.54 Å². The van der Waals surface area contributed by atoms with Gasteiger partial charge in [-0.3, -0.25) is 4.90 Å². The van der Waals surface area contributed by atoms with E-state index in [4.69, 9.17) is 9.72 Å². The molecule has 2 bridgehead atoms. The normalized spacial score (nSPS) is 27.1. The van der Waals surface area contributed by atoms with Crippen LogP contribution in [0.15, 0.2) is 30.3 Å². The van der Waals surface area contributed by atoms with Crippen LogP contribution in [0.1, 0.15) is 44.6 Å². The van der Waals surface area contributed by atoms with Gasteiger partial charge < -0.3 is 20.1 Å². The Hall–Kier alpha value is -3.57. The molecular weight excluding hydrogens is 557 g/mol. The van der Waals surface area contributed by atoms with Gasteiger partial charge in [-0.1, -0.05) is 13.0 Å². The Morgan fingerprint density at radius 1 is 1.09 bits per heavy atom. The first-order chi connectivity index (χ1) is 20.8. The fraction of sp³-hybridized carbons (Fsp3) is 0.500. The average Bonchev–Trinajstić information content (AvgIpc) is 3.72. The molecule has 4 aliphatic heterocycles. The number of hydrogen-bond acceptors (Lipinski definition) is 7. The number of benzene rings is 2. The van der Waals surface area contributed by atoms with E-state index in [1.807, 2.05) is 6.92 Å². The third-order valence-electron chi connectivity index (χ3n) is 10.1. The first kappa shape index (κ1) is 27.0. The fourth-order valence-corrected chi connectivity index (χ4v) is 8.15. The molecule has 4 fully saturated rings. The lowest BCUT2D eigenvalue weighted by Gasteiger charge is -2.34. The molecule has 2 aromatic carbocycles. The number of phenolic OH excluding ortho intramolecular Hbond substituents is 1. The Balaban J connectivity index is 1.27. The average molecular weight is 593 g/mol. The monoisotopic (exact) mass is 592 g/mol. The number of hydrogen-bond donors (Lipinski definition) is 2. The number of anilines is 1. The molecule has 226 valence electrons. The van der Waals surface area contributed by atoms with Gasteiger partial charge in [0, 0.05) is 43.7 Å². The summed E-state index contributed by atoms with van der Waals surface area (Å²) in [4.78, 5) is 9.17. The highest BCUT2D eigenvalue weighted by Crippen LogP contribution is 2.42. The summed E-state index contributed by atoms with van der Waals surface area (Å²) in [5.41, 5.74) is 1.12. The second-order valence-corrected chi connectivity index (χ2v) is 12.7. The van der Waals surface area contributed by atoms with Crippen LogP contribution in [0.5, 0.6) is 11.8 Å². The summed E-state index contributed by atoms with van der Waals surface area (Å²) in [6.45, 7) is 4.77. The Labute approximate surface area is 247 Å². The topological polar surface area (TPSA) is 78.2 Å². The number of nitrogens with one attached hydrogen (secondary N) is 1. The maximum atomic E-state index is 16.6. The number of phenols is 1. The Kier molecular flexibility index (Phi) is 6.27. The summed E-state index contributed by atoms with van der Waals surface area (Å²) >= 11 is 0. The summed E-state index contributed by atoms with van der Waals surface area (Å²) in [6.07, 6.45) is 3.88. The minimum atomic E-state index is -0.890. The SMILES string of the molecule is CCc1c(F)ccc2cc(O)cc(-c3cc4c(N5CC6CCC(C5)N6)nc(OC[C@@]56CCCN5C[C@H](F)C6)nn4c3F)c12. The molecule has 8 rings (SSSR count). The number of nitrogens with zero attached hydrogens (tertiary/aromatic N) is 5. The van der Waals surface area contributed by atoms with E-state index < -0.39 is 17.7 Å². The van der Waals surface area contributed by atoms with Crippen molar-refractivity contribution in [3.8, 4) is 22.9 Å². The minimum absolute atomic E-state index is 0.0390. The van der Waals surface area contributed by atoms with Gasteiger partial charge in [0.2, 0.25) is 5.95 Å². The van der Waals surface area contributed by atoms with Crippen LogP contribution in [-0.2, 0) is 6.42 Å². The first-order valence-corrected chi connectivity index (χ1v) is 15.4. The van der Waals surface area contributed by atoms with Gasteiger partial charge in [0.1, 0.15) is 29.9 Å². The highest BCUT2D eigenvalue weighted by atomic mass is 19.1. The van der Waals surface area contributed by atoms with Crippen LogP contribution in [0.2, 0.25) is 0 Å². The molecule has 0 amide bonds. The zero-order chi connectivity index (χ0) is 29.5. The summed E-state index contributed by atoms with van der Waals surface area (Å²) in [5.74, 6) is -0.495. The molecule has 8 nitrogen and oxygen atoms in total. The molecule has 2 N–H and O–H groups in total. The molecule has 0 saturated carbocycles. The Bertz CT molecular complexity index is 1730. The van der Waals surface area contributed by atoms with Crippen molar-refractivity contribution in [2.24, 2.45) is 0 Å². The maximum absolute atomic E-state index is 16.6. The molecule has 0 radical (unpaired) electrons. The molecule has 4 saturated heterocycles. The summed E-state index contributed by atoms with van der Waals surface area (Å²) in [5, 5.41) is 19.9. The number of aromatic hydroxyl groups is 1. The molecule has 0 spiro atoms. The standard InChI is InChI=1S/C32H35F3N6O2/c1-2-23-26(34)7-4-18-10-22(42)11-24(28(18)23)25-12-27-30(39-15-20-5-6-21(16-39)36-20)37-31(38-41(27)29(25)35)43-17-32-8-3-9-40(32)14-19(33)13-32/h4,7,10-12,19-21,36,42H,2-3,5-6,8-9,13-17H2,1H3/t19-,20?,21?,32+/m1/s1. The Morgan fingerprint density at radius 3 is 2.70 bits per heavy atom. The highest BCUT2D eigenvalue weighted by molar-refractivity contribution is 6.01. The number of halogens is 3. The van der Waals surface area contributed by atoms with Crippen molar-refractivity contribution < 1.29 is 23.0 Å². The van der Waals surface area contributed by atoms with Crippen LogP contribution in [0.3, 0.4) is 0 Å². The van der Waals surface area contributed by atoms with Crippen LogP contribution in [0.4, 0.5) is 19.0 Å². The van der Waals surface area contributed by atoms with Crippen molar-refractivity contribution in [2.45, 2.75) is 69.2 Å². The van der Waals surface area contributed by atoms with Gasteiger partial charge >= 0.3 is 6.01 Å². The van der Waals surface area contributed by atoms with Crippen LogP contribution in [0.25, 0.3) is 27.4 Å². The van der Waals surface area contributed by atoms with Crippen molar-refractivity contribution in [3.05, 3.63) is 47.7 Å². The lowest BCUT2D eigenvalue weighted by Crippen LogP contribution is -2.51. The van der Waals surface area contributed by atoms with Gasteiger partial charge in [0.25, 0.3) is 0 Å². The van der Waals surface area contributed by atoms with Gasteiger partial charge in [0.15, 0.2) is 5.82 Å². The predicted molar refractivity (Wildman–Crippen MR) is 158 cm³/mol. The molecular formula is C32H35F3N6O2. The van der Waals surface area contributed by atoms with Crippen molar-refractivity contribution >= 4 is 22.1 Å². The summed E-state index contributed by atoms with van der Waals surface area (Å²) in [7, 11) is 0. The number of ether oxygens (including phenoxy) is 1. The van der Waals surface area contributed by atoms with E-state index in [1.54, 1.807) is 18.2 Å². The summed E-state index contributed by atoms with van der Waals surface area (Å²) in [6, 6.07) is 8.39. The van der Waals surface area contributed by atoms with Gasteiger partial charge in [-0.15, -0.1) is 5.10 Å². The van der Waals surface area contributed by atoms with E-state index in [0.717, 1.165) is 32.2 Å². The maximum Gasteiger partial charge on any atom is 0.336 e. The van der Waals surface area contributed by atoms with Crippen LogP contribution < -0.4 is 15.0 Å². The number of fused-ring (bicyclic) bond motifs is 5. The molecule has 43 heavy (non-hydrogen) atoms. The molecule has 6 heterocycles. The first-order valence-electron chi connectivity index (χ1n) is 15.4.